The number of nitrogens with one attached hydrogen (secondary N) is 1. The maximum absolute atomic E-state index is 10.4. The Morgan fingerprint density at radius 2 is 2.00 bits per heavy atom. The van der Waals surface area contributed by atoms with Crippen molar-refractivity contribution in [2.24, 2.45) is 0 Å². The average Bonchev–Trinajstić information content (AvgIpc) is 2.24. The lowest BCUT2D eigenvalue weighted by Crippen LogP contribution is -2.23. The van der Waals surface area contributed by atoms with E-state index < -0.39 is 0 Å². The van der Waals surface area contributed by atoms with Gasteiger partial charge in [-0.1, -0.05) is 30.3 Å². The third-order valence-corrected chi connectivity index (χ3v) is 2.02. The van der Waals surface area contributed by atoms with Crippen molar-refractivity contribution in [3.05, 3.63) is 35.9 Å². The monoisotopic (exact) mass is 207 g/mol. The number of ether oxygens (including phenoxy) is 1. The fraction of sp³-hybridized carbons (Fsp3) is 0.417. The van der Waals surface area contributed by atoms with Gasteiger partial charge in [0, 0.05) is 13.5 Å². The fourth-order valence-electron chi connectivity index (χ4n) is 1.27. The SMILES string of the molecule is CC(=O)OCCNCCc1ccccc1. The minimum atomic E-state index is -0.222. The van der Waals surface area contributed by atoms with E-state index in [0.717, 1.165) is 13.0 Å². The van der Waals surface area contributed by atoms with Crippen LogP contribution in [-0.4, -0.2) is 25.7 Å². The summed E-state index contributed by atoms with van der Waals surface area (Å²) in [4.78, 5) is 10.4. The van der Waals surface area contributed by atoms with Gasteiger partial charge >= 0.3 is 5.97 Å². The van der Waals surface area contributed by atoms with Crippen molar-refractivity contribution < 1.29 is 9.53 Å². The largest absolute Gasteiger partial charge is 0.465 e. The average molecular weight is 207 g/mol. The molecule has 15 heavy (non-hydrogen) atoms. The smallest absolute Gasteiger partial charge is 0.302 e. The first kappa shape index (κ1) is 11.7. The highest BCUT2D eigenvalue weighted by Gasteiger charge is 1.93. The van der Waals surface area contributed by atoms with Gasteiger partial charge in [-0.3, -0.25) is 4.79 Å². The van der Waals surface area contributed by atoms with E-state index in [4.69, 9.17) is 4.74 Å². The van der Waals surface area contributed by atoms with E-state index in [9.17, 15) is 4.79 Å². The standard InChI is InChI=1S/C12H17NO2/c1-11(14)15-10-9-13-8-7-12-5-3-2-4-6-12/h2-6,13H,7-10H2,1H3. The van der Waals surface area contributed by atoms with E-state index in [0.29, 0.717) is 13.2 Å². The van der Waals surface area contributed by atoms with Crippen LogP contribution in [0.15, 0.2) is 30.3 Å². The summed E-state index contributed by atoms with van der Waals surface area (Å²) in [5.41, 5.74) is 1.32. The van der Waals surface area contributed by atoms with Gasteiger partial charge in [-0.25, -0.2) is 0 Å². The molecule has 0 aliphatic carbocycles. The van der Waals surface area contributed by atoms with Crippen LogP contribution in [0.4, 0.5) is 0 Å². The second kappa shape index (κ2) is 7.01. The Morgan fingerprint density at radius 1 is 1.27 bits per heavy atom. The third-order valence-electron chi connectivity index (χ3n) is 2.02. The van der Waals surface area contributed by atoms with Gasteiger partial charge in [0.25, 0.3) is 0 Å². The zero-order chi connectivity index (χ0) is 10.9. The summed E-state index contributed by atoms with van der Waals surface area (Å²) >= 11 is 0. The lowest BCUT2D eigenvalue weighted by atomic mass is 10.1. The van der Waals surface area contributed by atoms with Crippen LogP contribution < -0.4 is 5.32 Å². The lowest BCUT2D eigenvalue weighted by molar-refractivity contribution is -0.140. The molecule has 0 spiro atoms. The minimum absolute atomic E-state index is 0.222. The molecule has 0 unspecified atom stereocenters. The Morgan fingerprint density at radius 3 is 2.67 bits per heavy atom. The van der Waals surface area contributed by atoms with Gasteiger partial charge in [0.1, 0.15) is 6.61 Å². The van der Waals surface area contributed by atoms with Crippen molar-refractivity contribution in [1.29, 1.82) is 0 Å². The highest BCUT2D eigenvalue weighted by Crippen LogP contribution is 1.97. The topological polar surface area (TPSA) is 38.3 Å². The van der Waals surface area contributed by atoms with Crippen molar-refractivity contribution in [1.82, 2.24) is 5.32 Å². The Balaban J connectivity index is 2.00. The molecular weight excluding hydrogens is 190 g/mol. The number of hydrogen-bond acceptors (Lipinski definition) is 3. The summed E-state index contributed by atoms with van der Waals surface area (Å²) in [7, 11) is 0. The molecular formula is C12H17NO2. The number of carbonyl (C=O) groups excluding carboxylic acids is 1. The highest BCUT2D eigenvalue weighted by molar-refractivity contribution is 5.65. The molecule has 3 nitrogen and oxygen atoms in total. The molecule has 1 rings (SSSR count). The molecule has 3 heteroatoms. The van der Waals surface area contributed by atoms with Crippen molar-refractivity contribution in [2.45, 2.75) is 13.3 Å². The van der Waals surface area contributed by atoms with Gasteiger partial charge in [0.15, 0.2) is 0 Å². The van der Waals surface area contributed by atoms with E-state index in [1.165, 1.54) is 12.5 Å². The van der Waals surface area contributed by atoms with Gasteiger partial charge in [-0.05, 0) is 18.5 Å². The molecule has 1 aromatic rings. The van der Waals surface area contributed by atoms with Crippen molar-refractivity contribution in [2.75, 3.05) is 19.7 Å². The van der Waals surface area contributed by atoms with Crippen LogP contribution in [0.1, 0.15) is 12.5 Å². The molecule has 0 radical (unpaired) electrons. The molecule has 0 aromatic heterocycles. The second-order valence-electron chi connectivity index (χ2n) is 3.33. The molecule has 0 amide bonds. The Hall–Kier alpha value is -1.35. The normalized spacial score (nSPS) is 9.93. The Kier molecular flexibility index (Phi) is 5.48. The molecule has 0 bridgehead atoms. The van der Waals surface area contributed by atoms with Gasteiger partial charge in [-0.2, -0.15) is 0 Å². The number of carbonyl (C=O) groups is 1. The quantitative estimate of drug-likeness (QED) is 0.566. The molecule has 0 saturated heterocycles. The molecule has 1 aromatic carbocycles. The molecule has 1 N–H and O–H groups in total. The fourth-order valence-corrected chi connectivity index (χ4v) is 1.27. The van der Waals surface area contributed by atoms with Crippen LogP contribution in [0, 0.1) is 0 Å². The van der Waals surface area contributed by atoms with Crippen LogP contribution in [0.25, 0.3) is 0 Å². The highest BCUT2D eigenvalue weighted by atomic mass is 16.5. The van der Waals surface area contributed by atoms with E-state index in [-0.39, 0.29) is 5.97 Å². The maximum atomic E-state index is 10.4. The molecule has 82 valence electrons. The van der Waals surface area contributed by atoms with E-state index in [1.54, 1.807) is 0 Å². The van der Waals surface area contributed by atoms with Crippen LogP contribution in [0.3, 0.4) is 0 Å². The number of rotatable bonds is 6. The summed E-state index contributed by atoms with van der Waals surface area (Å²) in [6.45, 7) is 3.49. The molecule has 0 aliphatic heterocycles. The van der Waals surface area contributed by atoms with Crippen molar-refractivity contribution >= 4 is 5.97 Å². The Bertz CT molecular complexity index is 285. The predicted octanol–water partition coefficient (Wildman–Crippen LogP) is 1.38. The Labute approximate surface area is 90.4 Å². The zero-order valence-corrected chi connectivity index (χ0v) is 9.03. The van der Waals surface area contributed by atoms with Gasteiger partial charge in [0.05, 0.1) is 0 Å². The van der Waals surface area contributed by atoms with Gasteiger partial charge < -0.3 is 10.1 Å². The second-order valence-corrected chi connectivity index (χ2v) is 3.33. The van der Waals surface area contributed by atoms with Crippen molar-refractivity contribution in [3.8, 4) is 0 Å². The number of hydrogen-bond donors (Lipinski definition) is 1. The molecule has 0 fully saturated rings. The summed E-state index contributed by atoms with van der Waals surface area (Å²) in [6, 6.07) is 10.3. The predicted molar refractivity (Wildman–Crippen MR) is 59.6 cm³/mol. The summed E-state index contributed by atoms with van der Waals surface area (Å²) in [5.74, 6) is -0.222. The molecule has 0 saturated carbocycles. The molecule has 0 heterocycles. The van der Waals surface area contributed by atoms with Crippen LogP contribution in [0.5, 0.6) is 0 Å². The minimum Gasteiger partial charge on any atom is -0.465 e. The first-order valence-corrected chi connectivity index (χ1v) is 5.17. The van der Waals surface area contributed by atoms with Gasteiger partial charge in [-0.15, -0.1) is 0 Å². The first-order chi connectivity index (χ1) is 7.29. The molecule has 0 atom stereocenters. The van der Waals surface area contributed by atoms with E-state index >= 15 is 0 Å². The zero-order valence-electron chi connectivity index (χ0n) is 9.03. The van der Waals surface area contributed by atoms with E-state index in [1.807, 2.05) is 18.2 Å². The lowest BCUT2D eigenvalue weighted by Gasteiger charge is -2.04. The van der Waals surface area contributed by atoms with Gasteiger partial charge in [0.2, 0.25) is 0 Å². The number of esters is 1. The summed E-state index contributed by atoms with van der Waals surface area (Å²) in [5, 5.41) is 3.21. The van der Waals surface area contributed by atoms with Crippen LogP contribution in [0.2, 0.25) is 0 Å². The van der Waals surface area contributed by atoms with Crippen LogP contribution >= 0.6 is 0 Å². The summed E-state index contributed by atoms with van der Waals surface area (Å²) < 4.78 is 4.79. The first-order valence-electron chi connectivity index (χ1n) is 5.17. The van der Waals surface area contributed by atoms with Crippen molar-refractivity contribution in [3.63, 3.8) is 0 Å². The molecule has 0 aliphatic rings. The number of benzene rings is 1. The third kappa shape index (κ3) is 5.86. The van der Waals surface area contributed by atoms with Crippen LogP contribution in [-0.2, 0) is 16.0 Å². The summed E-state index contributed by atoms with van der Waals surface area (Å²) in [6.07, 6.45) is 1.00. The van der Waals surface area contributed by atoms with E-state index in [2.05, 4.69) is 17.4 Å². The maximum Gasteiger partial charge on any atom is 0.302 e.